The van der Waals surface area contributed by atoms with Crippen molar-refractivity contribution in [2.24, 2.45) is 0 Å². The lowest BCUT2D eigenvalue weighted by Crippen LogP contribution is -2.45. The zero-order valence-electron chi connectivity index (χ0n) is 13.3. The van der Waals surface area contributed by atoms with Crippen molar-refractivity contribution < 1.29 is 4.92 Å². The van der Waals surface area contributed by atoms with Gasteiger partial charge < -0.3 is 5.32 Å². The third-order valence-corrected chi connectivity index (χ3v) is 4.22. The van der Waals surface area contributed by atoms with Gasteiger partial charge in [-0.05, 0) is 23.8 Å². The molecule has 1 N–H and O–H groups in total. The van der Waals surface area contributed by atoms with Crippen LogP contribution in [0.4, 0.5) is 5.69 Å². The Kier molecular flexibility index (Phi) is 5.30. The Labute approximate surface area is 141 Å². The molecule has 2 aromatic rings. The van der Waals surface area contributed by atoms with Crippen molar-refractivity contribution in [1.29, 1.82) is 0 Å². The number of hydrogen-bond acceptors (Lipinski definition) is 5. The number of pyridine rings is 1. The zero-order chi connectivity index (χ0) is 16.8. The first-order valence-electron chi connectivity index (χ1n) is 8.00. The van der Waals surface area contributed by atoms with Gasteiger partial charge in [-0.2, -0.15) is 0 Å². The van der Waals surface area contributed by atoms with Crippen molar-refractivity contribution in [3.8, 4) is 0 Å². The van der Waals surface area contributed by atoms with Crippen LogP contribution in [-0.4, -0.2) is 41.0 Å². The fourth-order valence-corrected chi connectivity index (χ4v) is 2.99. The summed E-state index contributed by atoms with van der Waals surface area (Å²) in [6, 6.07) is 11.2. The number of para-hydroxylation sites is 1. The lowest BCUT2D eigenvalue weighted by atomic mass is 10.0. The van der Waals surface area contributed by atoms with Crippen LogP contribution in [0.5, 0.6) is 0 Å². The maximum atomic E-state index is 11.1. The number of nitro groups is 1. The van der Waals surface area contributed by atoms with Crippen molar-refractivity contribution in [3.05, 3.63) is 76.1 Å². The lowest BCUT2D eigenvalue weighted by molar-refractivity contribution is -0.385. The molecule has 1 atom stereocenters. The summed E-state index contributed by atoms with van der Waals surface area (Å²) in [6.07, 6.45) is 7.46. The molecular formula is C18H20N4O2. The van der Waals surface area contributed by atoms with E-state index in [1.165, 1.54) is 11.6 Å². The average Bonchev–Trinajstić information content (AvgIpc) is 2.63. The molecule has 1 aromatic carbocycles. The van der Waals surface area contributed by atoms with Gasteiger partial charge in [0.05, 0.1) is 10.5 Å². The molecule has 124 valence electrons. The molecule has 1 saturated heterocycles. The molecule has 2 heterocycles. The number of rotatable bonds is 5. The number of nitrogens with one attached hydrogen (secondary N) is 1. The predicted octanol–water partition coefficient (Wildman–Crippen LogP) is 2.65. The minimum absolute atomic E-state index is 0.139. The van der Waals surface area contributed by atoms with Crippen LogP contribution in [0.2, 0.25) is 0 Å². The molecule has 24 heavy (non-hydrogen) atoms. The van der Waals surface area contributed by atoms with Crippen LogP contribution < -0.4 is 5.32 Å². The smallest absolute Gasteiger partial charge is 0.276 e. The molecule has 1 aliphatic rings. The highest BCUT2D eigenvalue weighted by molar-refractivity contribution is 5.60. The van der Waals surface area contributed by atoms with Crippen LogP contribution in [0.25, 0.3) is 6.08 Å². The van der Waals surface area contributed by atoms with Crippen molar-refractivity contribution in [2.75, 3.05) is 26.2 Å². The summed E-state index contributed by atoms with van der Waals surface area (Å²) in [6.45, 7) is 3.53. The van der Waals surface area contributed by atoms with Crippen molar-refractivity contribution in [1.82, 2.24) is 15.2 Å². The van der Waals surface area contributed by atoms with Crippen LogP contribution in [0, 0.1) is 10.1 Å². The van der Waals surface area contributed by atoms with E-state index >= 15 is 0 Å². The minimum Gasteiger partial charge on any atom is -0.314 e. The van der Waals surface area contributed by atoms with E-state index in [1.807, 2.05) is 42.7 Å². The van der Waals surface area contributed by atoms with Crippen LogP contribution in [-0.2, 0) is 0 Å². The van der Waals surface area contributed by atoms with E-state index in [2.05, 4.69) is 15.2 Å². The molecule has 0 aliphatic carbocycles. The Hall–Kier alpha value is -2.57. The van der Waals surface area contributed by atoms with E-state index in [0.717, 1.165) is 26.2 Å². The number of hydrogen-bond donors (Lipinski definition) is 1. The molecule has 0 amide bonds. The van der Waals surface area contributed by atoms with E-state index in [9.17, 15) is 10.1 Å². The Morgan fingerprint density at radius 1 is 1.29 bits per heavy atom. The van der Waals surface area contributed by atoms with Crippen LogP contribution in [0.15, 0.2) is 54.9 Å². The van der Waals surface area contributed by atoms with Gasteiger partial charge >= 0.3 is 0 Å². The Morgan fingerprint density at radius 3 is 2.88 bits per heavy atom. The molecule has 0 bridgehead atoms. The molecule has 6 nitrogen and oxygen atoms in total. The first-order chi connectivity index (χ1) is 11.8. The summed E-state index contributed by atoms with van der Waals surface area (Å²) in [5.41, 5.74) is 2.01. The summed E-state index contributed by atoms with van der Waals surface area (Å²) >= 11 is 0. The molecule has 0 saturated carbocycles. The lowest BCUT2D eigenvalue weighted by Gasteiger charge is -2.35. The summed E-state index contributed by atoms with van der Waals surface area (Å²) in [5.74, 6) is 0. The molecule has 1 aromatic heterocycles. The maximum absolute atomic E-state index is 11.1. The highest BCUT2D eigenvalue weighted by atomic mass is 16.6. The Bertz CT molecular complexity index is 718. The van der Waals surface area contributed by atoms with Crippen LogP contribution in [0.1, 0.15) is 17.2 Å². The maximum Gasteiger partial charge on any atom is 0.276 e. The molecule has 1 aliphatic heterocycles. The number of nitrogens with zero attached hydrogens (tertiary/aromatic N) is 3. The van der Waals surface area contributed by atoms with Gasteiger partial charge in [0.25, 0.3) is 5.69 Å². The largest absolute Gasteiger partial charge is 0.314 e. The highest BCUT2D eigenvalue weighted by Crippen LogP contribution is 2.22. The van der Waals surface area contributed by atoms with Gasteiger partial charge in [0, 0.05) is 50.7 Å². The quantitative estimate of drug-likeness (QED) is 0.676. The van der Waals surface area contributed by atoms with Crippen LogP contribution >= 0.6 is 0 Å². The summed E-state index contributed by atoms with van der Waals surface area (Å²) in [4.78, 5) is 17.2. The molecule has 1 fully saturated rings. The van der Waals surface area contributed by atoms with Gasteiger partial charge in [0.1, 0.15) is 0 Å². The average molecular weight is 324 g/mol. The first-order valence-corrected chi connectivity index (χ1v) is 8.00. The number of aromatic nitrogens is 1. The van der Waals surface area contributed by atoms with Gasteiger partial charge in [0.15, 0.2) is 0 Å². The standard InChI is InChI=1S/C18H20N4O2/c23-22(24)17-6-2-1-4-15(17)5-3-12-21-13-11-20-14-18(21)16-7-9-19-10-8-16/h1-10,18,20H,11-14H2/b5-3+. The van der Waals surface area contributed by atoms with E-state index < -0.39 is 0 Å². The fourth-order valence-electron chi connectivity index (χ4n) is 2.99. The summed E-state index contributed by atoms with van der Waals surface area (Å²) in [5, 5.41) is 14.5. The number of benzene rings is 1. The second-order valence-corrected chi connectivity index (χ2v) is 5.71. The first kappa shape index (κ1) is 16.3. The van der Waals surface area contributed by atoms with E-state index in [1.54, 1.807) is 12.1 Å². The molecule has 0 radical (unpaired) electrons. The van der Waals surface area contributed by atoms with Crippen molar-refractivity contribution in [3.63, 3.8) is 0 Å². The number of nitro benzene ring substituents is 1. The monoisotopic (exact) mass is 324 g/mol. The normalized spacial score (nSPS) is 18.8. The zero-order valence-corrected chi connectivity index (χ0v) is 13.3. The summed E-state index contributed by atoms with van der Waals surface area (Å²) in [7, 11) is 0. The number of piperazine rings is 1. The Morgan fingerprint density at radius 2 is 2.08 bits per heavy atom. The van der Waals surface area contributed by atoms with E-state index in [0.29, 0.717) is 5.56 Å². The fraction of sp³-hybridized carbons (Fsp3) is 0.278. The van der Waals surface area contributed by atoms with Gasteiger partial charge in [-0.25, -0.2) is 0 Å². The predicted molar refractivity (Wildman–Crippen MR) is 93.6 cm³/mol. The van der Waals surface area contributed by atoms with E-state index in [4.69, 9.17) is 0 Å². The third-order valence-electron chi connectivity index (χ3n) is 4.22. The highest BCUT2D eigenvalue weighted by Gasteiger charge is 2.22. The van der Waals surface area contributed by atoms with Crippen molar-refractivity contribution in [2.45, 2.75) is 6.04 Å². The minimum atomic E-state index is -0.343. The van der Waals surface area contributed by atoms with Gasteiger partial charge in [-0.3, -0.25) is 20.0 Å². The molecule has 6 heteroatoms. The second-order valence-electron chi connectivity index (χ2n) is 5.71. The third kappa shape index (κ3) is 3.84. The van der Waals surface area contributed by atoms with Gasteiger partial charge in [0.2, 0.25) is 0 Å². The Balaban J connectivity index is 1.72. The van der Waals surface area contributed by atoms with E-state index in [-0.39, 0.29) is 16.7 Å². The SMILES string of the molecule is O=[N+]([O-])c1ccccc1/C=C/CN1CCNCC1c1ccncc1. The molecular weight excluding hydrogens is 304 g/mol. The van der Waals surface area contributed by atoms with Gasteiger partial charge in [-0.1, -0.05) is 24.3 Å². The van der Waals surface area contributed by atoms with Crippen molar-refractivity contribution >= 4 is 11.8 Å². The van der Waals surface area contributed by atoms with Gasteiger partial charge in [-0.15, -0.1) is 0 Å². The molecule has 0 spiro atoms. The second kappa shape index (κ2) is 7.81. The van der Waals surface area contributed by atoms with Crippen LogP contribution in [0.3, 0.4) is 0 Å². The molecule has 3 rings (SSSR count). The summed E-state index contributed by atoms with van der Waals surface area (Å²) < 4.78 is 0. The topological polar surface area (TPSA) is 71.3 Å². The molecule has 1 unspecified atom stereocenters.